The molecule has 0 spiro atoms. The van der Waals surface area contributed by atoms with E-state index in [0.29, 0.717) is 31.3 Å². The smallest absolute Gasteiger partial charge is 0.221 e. The number of sulfone groups is 1. The highest BCUT2D eigenvalue weighted by molar-refractivity contribution is 7.99. The first-order valence-corrected chi connectivity index (χ1v) is 12.1. The molecule has 0 saturated heterocycles. The first-order valence-electron chi connectivity index (χ1n) is 9.44. The molecule has 0 radical (unpaired) electrons. The Hall–Kier alpha value is -2.19. The summed E-state index contributed by atoms with van der Waals surface area (Å²) < 4.78 is 35.9. The van der Waals surface area contributed by atoms with Gasteiger partial charge in [0.15, 0.2) is 21.3 Å². The molecule has 1 aliphatic rings. The molecule has 0 fully saturated rings. The van der Waals surface area contributed by atoms with Crippen molar-refractivity contribution >= 4 is 27.5 Å². The van der Waals surface area contributed by atoms with Crippen LogP contribution < -0.4 is 14.8 Å². The van der Waals surface area contributed by atoms with Crippen LogP contribution >= 0.6 is 11.8 Å². The van der Waals surface area contributed by atoms with Crippen LogP contribution in [0.25, 0.3) is 0 Å². The zero-order valence-corrected chi connectivity index (χ0v) is 18.2. The fourth-order valence-electron chi connectivity index (χ4n) is 2.81. The highest BCUT2D eigenvalue weighted by atomic mass is 32.2. The topological polar surface area (TPSA) is 81.7 Å². The van der Waals surface area contributed by atoms with Crippen LogP contribution in [0.2, 0.25) is 0 Å². The normalized spacial score (nSPS) is 13.2. The molecule has 6 nitrogen and oxygen atoms in total. The van der Waals surface area contributed by atoms with Gasteiger partial charge in [0.25, 0.3) is 0 Å². The van der Waals surface area contributed by atoms with Crippen molar-refractivity contribution in [2.45, 2.75) is 30.1 Å². The van der Waals surface area contributed by atoms with E-state index in [1.165, 1.54) is 23.3 Å². The summed E-state index contributed by atoms with van der Waals surface area (Å²) >= 11 is 1.66. The molecule has 0 aromatic heterocycles. The Balaban J connectivity index is 1.44. The van der Waals surface area contributed by atoms with Gasteiger partial charge in [-0.3, -0.25) is 4.79 Å². The summed E-state index contributed by atoms with van der Waals surface area (Å²) in [5.74, 6) is 1.16. The Morgan fingerprint density at radius 3 is 2.55 bits per heavy atom. The maximum Gasteiger partial charge on any atom is 0.221 e. The third-order valence-electron chi connectivity index (χ3n) is 4.64. The van der Waals surface area contributed by atoms with Gasteiger partial charge in [0, 0.05) is 29.7 Å². The number of benzene rings is 2. The van der Waals surface area contributed by atoms with Gasteiger partial charge in [-0.2, -0.15) is 0 Å². The minimum Gasteiger partial charge on any atom is -0.486 e. The van der Waals surface area contributed by atoms with E-state index < -0.39 is 9.84 Å². The fourth-order valence-corrected chi connectivity index (χ4v) is 4.93. The van der Waals surface area contributed by atoms with Crippen molar-refractivity contribution < 1.29 is 22.7 Å². The second-order valence-corrected chi connectivity index (χ2v) is 10.1. The average molecular weight is 436 g/mol. The van der Waals surface area contributed by atoms with E-state index in [1.54, 1.807) is 17.8 Å². The standard InChI is InChI=1S/C21H25NO5S2/c1-15-3-4-17(13-16(15)2)28-11-8-22-21(23)7-12-29(24,25)18-5-6-19-20(14-18)27-10-9-26-19/h3-6,13-14H,7-12H2,1-2H3,(H,22,23). The SMILES string of the molecule is Cc1ccc(SCCNC(=O)CCS(=O)(=O)c2ccc3c(c2)OCCO3)cc1C. The molecule has 1 aliphatic heterocycles. The van der Waals surface area contributed by atoms with Crippen LogP contribution in [0, 0.1) is 13.8 Å². The number of carbonyl (C=O) groups excluding carboxylic acids is 1. The highest BCUT2D eigenvalue weighted by Crippen LogP contribution is 2.32. The molecule has 2 aromatic rings. The van der Waals surface area contributed by atoms with Gasteiger partial charge < -0.3 is 14.8 Å². The summed E-state index contributed by atoms with van der Waals surface area (Å²) in [7, 11) is -3.57. The van der Waals surface area contributed by atoms with Crippen molar-refractivity contribution in [1.29, 1.82) is 0 Å². The number of carbonyl (C=O) groups is 1. The van der Waals surface area contributed by atoms with Crippen LogP contribution in [-0.2, 0) is 14.6 Å². The predicted molar refractivity (Wildman–Crippen MR) is 114 cm³/mol. The van der Waals surface area contributed by atoms with Gasteiger partial charge in [0.1, 0.15) is 13.2 Å². The molecule has 0 aliphatic carbocycles. The van der Waals surface area contributed by atoms with Gasteiger partial charge in [-0.05, 0) is 49.2 Å². The van der Waals surface area contributed by atoms with E-state index in [9.17, 15) is 13.2 Å². The largest absolute Gasteiger partial charge is 0.486 e. The number of nitrogens with one attached hydrogen (secondary N) is 1. The third kappa shape index (κ3) is 5.90. The van der Waals surface area contributed by atoms with Crippen molar-refractivity contribution in [2.24, 2.45) is 0 Å². The van der Waals surface area contributed by atoms with Crippen molar-refractivity contribution in [3.8, 4) is 11.5 Å². The van der Waals surface area contributed by atoms with Gasteiger partial charge in [-0.15, -0.1) is 11.8 Å². The summed E-state index contributed by atoms with van der Waals surface area (Å²) in [5, 5.41) is 2.78. The van der Waals surface area contributed by atoms with Crippen molar-refractivity contribution in [3.63, 3.8) is 0 Å². The number of rotatable bonds is 8. The molecule has 0 saturated carbocycles. The molecule has 156 valence electrons. The molecule has 8 heteroatoms. The maximum absolute atomic E-state index is 12.5. The van der Waals surface area contributed by atoms with Crippen molar-refractivity contribution in [2.75, 3.05) is 31.3 Å². The first-order chi connectivity index (χ1) is 13.8. The number of hydrogen-bond acceptors (Lipinski definition) is 6. The van der Waals surface area contributed by atoms with E-state index in [-0.39, 0.29) is 23.0 Å². The number of fused-ring (bicyclic) bond motifs is 1. The third-order valence-corrected chi connectivity index (χ3v) is 7.35. The monoisotopic (exact) mass is 435 g/mol. The number of amides is 1. The molecule has 29 heavy (non-hydrogen) atoms. The fraction of sp³-hybridized carbons (Fsp3) is 0.381. The minimum atomic E-state index is -3.57. The Labute approximate surface area is 175 Å². The summed E-state index contributed by atoms with van der Waals surface area (Å²) in [6, 6.07) is 10.8. The van der Waals surface area contributed by atoms with Crippen LogP contribution in [-0.4, -0.2) is 45.6 Å². The molecular formula is C21H25NO5S2. The predicted octanol–water partition coefficient (Wildman–Crippen LogP) is 3.15. The Kier molecular flexibility index (Phi) is 7.08. The van der Waals surface area contributed by atoms with Crippen molar-refractivity contribution in [3.05, 3.63) is 47.5 Å². The van der Waals surface area contributed by atoms with Gasteiger partial charge >= 0.3 is 0 Å². The van der Waals surface area contributed by atoms with E-state index >= 15 is 0 Å². The maximum atomic E-state index is 12.5. The van der Waals surface area contributed by atoms with Gasteiger partial charge in [0.05, 0.1) is 10.6 Å². The summed E-state index contributed by atoms with van der Waals surface area (Å²) in [4.78, 5) is 13.3. The Morgan fingerprint density at radius 2 is 1.79 bits per heavy atom. The lowest BCUT2D eigenvalue weighted by molar-refractivity contribution is -0.120. The molecule has 1 N–H and O–H groups in total. The molecule has 1 amide bonds. The minimum absolute atomic E-state index is 0.0783. The number of ether oxygens (including phenoxy) is 2. The second-order valence-electron chi connectivity index (χ2n) is 6.82. The lowest BCUT2D eigenvalue weighted by atomic mass is 10.1. The van der Waals surface area contributed by atoms with Crippen LogP contribution in [0.3, 0.4) is 0 Å². The van der Waals surface area contributed by atoms with E-state index in [4.69, 9.17) is 9.47 Å². The molecule has 1 heterocycles. The lowest BCUT2D eigenvalue weighted by Gasteiger charge is -2.18. The van der Waals surface area contributed by atoms with Crippen LogP contribution in [0.1, 0.15) is 17.5 Å². The summed E-state index contributed by atoms with van der Waals surface area (Å²) in [5.41, 5.74) is 2.49. The molecule has 0 bridgehead atoms. The van der Waals surface area contributed by atoms with Crippen LogP contribution in [0.5, 0.6) is 11.5 Å². The second kappa shape index (κ2) is 9.54. The molecule has 0 unspecified atom stereocenters. The first kappa shape index (κ1) is 21.5. The Bertz CT molecular complexity index is 989. The molecular weight excluding hydrogens is 410 g/mol. The van der Waals surface area contributed by atoms with E-state index in [1.807, 2.05) is 0 Å². The average Bonchev–Trinajstić information content (AvgIpc) is 2.72. The lowest BCUT2D eigenvalue weighted by Crippen LogP contribution is -2.27. The highest BCUT2D eigenvalue weighted by Gasteiger charge is 2.20. The van der Waals surface area contributed by atoms with Crippen molar-refractivity contribution in [1.82, 2.24) is 5.32 Å². The van der Waals surface area contributed by atoms with E-state index in [0.717, 1.165) is 10.6 Å². The quantitative estimate of drug-likeness (QED) is 0.507. The number of aryl methyl sites for hydroxylation is 2. The number of thioether (sulfide) groups is 1. The van der Waals surface area contributed by atoms with Gasteiger partial charge in [-0.1, -0.05) is 6.07 Å². The van der Waals surface area contributed by atoms with Gasteiger partial charge in [0.2, 0.25) is 5.91 Å². The molecule has 3 rings (SSSR count). The van der Waals surface area contributed by atoms with Crippen LogP contribution in [0.15, 0.2) is 46.2 Å². The zero-order valence-electron chi connectivity index (χ0n) is 16.6. The van der Waals surface area contributed by atoms with Gasteiger partial charge in [-0.25, -0.2) is 8.42 Å². The molecule has 0 atom stereocenters. The summed E-state index contributed by atoms with van der Waals surface area (Å²) in [6.07, 6.45) is -0.0783. The molecule has 2 aromatic carbocycles. The number of hydrogen-bond donors (Lipinski definition) is 1. The van der Waals surface area contributed by atoms with E-state index in [2.05, 4.69) is 37.4 Å². The van der Waals surface area contributed by atoms with Crippen LogP contribution in [0.4, 0.5) is 0 Å². The summed E-state index contributed by atoms with van der Waals surface area (Å²) in [6.45, 7) is 5.47. The zero-order chi connectivity index (χ0) is 20.9. The Morgan fingerprint density at radius 1 is 1.03 bits per heavy atom.